The van der Waals surface area contributed by atoms with Crippen LogP contribution in [0.3, 0.4) is 0 Å². The third kappa shape index (κ3) is 2.92. The van der Waals surface area contributed by atoms with Gasteiger partial charge in [0.25, 0.3) is 0 Å². The molecule has 0 spiro atoms. The van der Waals surface area contributed by atoms with Gasteiger partial charge in [-0.15, -0.1) is 0 Å². The van der Waals surface area contributed by atoms with Gasteiger partial charge in [0.05, 0.1) is 0 Å². The van der Waals surface area contributed by atoms with Crippen LogP contribution in [0, 0.1) is 0 Å². The standard InChI is InChI=1S/C20H21NO3/c1-20(2,14-8-4-3-5-9-14)12-18(22)21-13-16(19(23)24)15-10-6-7-11-17(15)21/h3-11,16H,12-13H2,1-2H3,(H,23,24). The first-order valence-electron chi connectivity index (χ1n) is 8.08. The van der Waals surface area contributed by atoms with Gasteiger partial charge in [0.15, 0.2) is 0 Å². The van der Waals surface area contributed by atoms with Crippen molar-refractivity contribution >= 4 is 17.6 Å². The number of benzene rings is 2. The lowest BCUT2D eigenvalue weighted by Gasteiger charge is -2.28. The molecule has 1 N–H and O–H groups in total. The first-order chi connectivity index (χ1) is 11.4. The topological polar surface area (TPSA) is 57.6 Å². The molecular formula is C20H21NO3. The second kappa shape index (κ2) is 6.11. The van der Waals surface area contributed by atoms with E-state index in [-0.39, 0.29) is 17.9 Å². The molecule has 3 rings (SSSR count). The average Bonchev–Trinajstić information content (AvgIpc) is 2.95. The van der Waals surface area contributed by atoms with Crippen molar-refractivity contribution < 1.29 is 14.7 Å². The molecule has 0 bridgehead atoms. The lowest BCUT2D eigenvalue weighted by atomic mass is 9.81. The first kappa shape index (κ1) is 16.2. The van der Waals surface area contributed by atoms with E-state index in [0.29, 0.717) is 6.42 Å². The normalized spacial score (nSPS) is 16.8. The average molecular weight is 323 g/mol. The van der Waals surface area contributed by atoms with E-state index in [0.717, 1.165) is 16.8 Å². The van der Waals surface area contributed by atoms with Gasteiger partial charge in [0.2, 0.25) is 5.91 Å². The predicted octanol–water partition coefficient (Wildman–Crippen LogP) is 3.57. The second-order valence-corrected chi connectivity index (χ2v) is 6.88. The van der Waals surface area contributed by atoms with E-state index < -0.39 is 11.9 Å². The van der Waals surface area contributed by atoms with Gasteiger partial charge in [0, 0.05) is 18.7 Å². The fourth-order valence-corrected chi connectivity index (χ4v) is 3.32. The SMILES string of the molecule is CC(C)(CC(=O)N1CC(C(=O)O)c2ccccc21)c1ccccc1. The third-order valence-corrected chi connectivity index (χ3v) is 4.72. The smallest absolute Gasteiger partial charge is 0.312 e. The van der Waals surface area contributed by atoms with Gasteiger partial charge in [-0.3, -0.25) is 9.59 Å². The van der Waals surface area contributed by atoms with Gasteiger partial charge in [-0.25, -0.2) is 0 Å². The number of hydrogen-bond donors (Lipinski definition) is 1. The van der Waals surface area contributed by atoms with Gasteiger partial charge >= 0.3 is 5.97 Å². The van der Waals surface area contributed by atoms with Crippen LogP contribution in [-0.4, -0.2) is 23.5 Å². The maximum absolute atomic E-state index is 12.9. The molecule has 0 aliphatic carbocycles. The summed E-state index contributed by atoms with van der Waals surface area (Å²) in [5.41, 5.74) is 2.23. The Labute approximate surface area is 141 Å². The van der Waals surface area contributed by atoms with Gasteiger partial charge in [-0.2, -0.15) is 0 Å². The summed E-state index contributed by atoms with van der Waals surface area (Å²) >= 11 is 0. The number of carboxylic acids is 1. The number of amides is 1. The van der Waals surface area contributed by atoms with Gasteiger partial charge in [0.1, 0.15) is 5.92 Å². The summed E-state index contributed by atoms with van der Waals surface area (Å²) in [6, 6.07) is 17.2. The molecule has 1 atom stereocenters. The Balaban J connectivity index is 1.85. The number of fused-ring (bicyclic) bond motifs is 1. The van der Waals surface area contributed by atoms with E-state index in [2.05, 4.69) is 0 Å². The molecule has 1 aliphatic heterocycles. The Bertz CT molecular complexity index is 767. The summed E-state index contributed by atoms with van der Waals surface area (Å²) in [6.07, 6.45) is 0.331. The molecular weight excluding hydrogens is 302 g/mol. The van der Waals surface area contributed by atoms with Crippen molar-refractivity contribution in [3.05, 3.63) is 65.7 Å². The summed E-state index contributed by atoms with van der Waals surface area (Å²) in [5.74, 6) is -1.58. The molecule has 124 valence electrons. The zero-order valence-electron chi connectivity index (χ0n) is 13.9. The van der Waals surface area contributed by atoms with Crippen molar-refractivity contribution in [2.24, 2.45) is 0 Å². The highest BCUT2D eigenvalue weighted by Crippen LogP contribution is 2.38. The molecule has 2 aromatic rings. The lowest BCUT2D eigenvalue weighted by molar-refractivity contribution is -0.138. The van der Waals surface area contributed by atoms with Crippen LogP contribution in [0.4, 0.5) is 5.69 Å². The minimum Gasteiger partial charge on any atom is -0.481 e. The Morgan fingerprint density at radius 3 is 2.38 bits per heavy atom. The van der Waals surface area contributed by atoms with Crippen molar-refractivity contribution in [2.45, 2.75) is 31.6 Å². The summed E-state index contributed by atoms with van der Waals surface area (Å²) in [4.78, 5) is 26.0. The number of anilines is 1. The maximum Gasteiger partial charge on any atom is 0.312 e. The van der Waals surface area contributed by atoms with E-state index in [1.165, 1.54) is 0 Å². The van der Waals surface area contributed by atoms with E-state index >= 15 is 0 Å². The minimum atomic E-state index is -0.889. The summed E-state index contributed by atoms with van der Waals surface area (Å²) in [6.45, 7) is 4.28. The van der Waals surface area contributed by atoms with Crippen molar-refractivity contribution in [3.63, 3.8) is 0 Å². The van der Waals surface area contributed by atoms with Crippen molar-refractivity contribution in [1.82, 2.24) is 0 Å². The lowest BCUT2D eigenvalue weighted by Crippen LogP contribution is -2.35. The third-order valence-electron chi connectivity index (χ3n) is 4.72. The van der Waals surface area contributed by atoms with Crippen molar-refractivity contribution in [2.75, 3.05) is 11.4 Å². The number of hydrogen-bond acceptors (Lipinski definition) is 2. The minimum absolute atomic E-state index is 0.0416. The summed E-state index contributed by atoms with van der Waals surface area (Å²) < 4.78 is 0. The maximum atomic E-state index is 12.9. The molecule has 0 fully saturated rings. The Morgan fingerprint density at radius 2 is 1.71 bits per heavy atom. The molecule has 1 aliphatic rings. The Morgan fingerprint density at radius 1 is 1.08 bits per heavy atom. The number of carboxylic acid groups (broad SMARTS) is 1. The van der Waals surface area contributed by atoms with E-state index in [9.17, 15) is 14.7 Å². The number of carbonyl (C=O) groups is 2. The van der Waals surface area contributed by atoms with Crippen LogP contribution in [0.1, 0.15) is 37.3 Å². The van der Waals surface area contributed by atoms with Crippen molar-refractivity contribution in [1.29, 1.82) is 0 Å². The molecule has 24 heavy (non-hydrogen) atoms. The number of carbonyl (C=O) groups excluding carboxylic acids is 1. The van der Waals surface area contributed by atoms with E-state index in [1.54, 1.807) is 11.0 Å². The number of rotatable bonds is 4. The van der Waals surface area contributed by atoms with Crippen molar-refractivity contribution in [3.8, 4) is 0 Å². The fourth-order valence-electron chi connectivity index (χ4n) is 3.32. The molecule has 0 aromatic heterocycles. The molecule has 4 heteroatoms. The first-order valence-corrected chi connectivity index (χ1v) is 8.08. The molecule has 0 saturated heterocycles. The van der Waals surface area contributed by atoms with Crippen LogP contribution in [0.5, 0.6) is 0 Å². The number of nitrogens with zero attached hydrogens (tertiary/aromatic N) is 1. The van der Waals surface area contributed by atoms with Crippen LogP contribution in [0.25, 0.3) is 0 Å². The van der Waals surface area contributed by atoms with Gasteiger partial charge in [-0.05, 0) is 22.6 Å². The van der Waals surface area contributed by atoms with E-state index in [1.807, 2.05) is 62.4 Å². The molecule has 2 aromatic carbocycles. The Kier molecular flexibility index (Phi) is 4.14. The van der Waals surface area contributed by atoms with Crippen LogP contribution in [-0.2, 0) is 15.0 Å². The van der Waals surface area contributed by atoms with Crippen LogP contribution in [0.15, 0.2) is 54.6 Å². The quantitative estimate of drug-likeness (QED) is 0.936. The number of aliphatic carboxylic acids is 1. The zero-order valence-corrected chi connectivity index (χ0v) is 13.9. The molecule has 0 saturated carbocycles. The van der Waals surface area contributed by atoms with Gasteiger partial charge in [-0.1, -0.05) is 62.4 Å². The van der Waals surface area contributed by atoms with Gasteiger partial charge < -0.3 is 10.0 Å². The molecule has 1 unspecified atom stereocenters. The fraction of sp³-hybridized carbons (Fsp3) is 0.300. The molecule has 4 nitrogen and oxygen atoms in total. The molecule has 1 amide bonds. The summed E-state index contributed by atoms with van der Waals surface area (Å²) in [5, 5.41) is 9.43. The molecule has 1 heterocycles. The highest BCUT2D eigenvalue weighted by molar-refractivity contribution is 5.99. The second-order valence-electron chi connectivity index (χ2n) is 6.88. The highest BCUT2D eigenvalue weighted by atomic mass is 16.4. The monoisotopic (exact) mass is 323 g/mol. The number of para-hydroxylation sites is 1. The largest absolute Gasteiger partial charge is 0.481 e. The van der Waals surface area contributed by atoms with Crippen LogP contribution in [0.2, 0.25) is 0 Å². The van der Waals surface area contributed by atoms with Crippen LogP contribution >= 0.6 is 0 Å². The highest BCUT2D eigenvalue weighted by Gasteiger charge is 2.37. The summed E-state index contributed by atoms with van der Waals surface area (Å²) in [7, 11) is 0. The Hall–Kier alpha value is -2.62. The molecule has 0 radical (unpaired) electrons. The zero-order chi connectivity index (χ0) is 17.3. The van der Waals surface area contributed by atoms with E-state index in [4.69, 9.17) is 0 Å². The predicted molar refractivity (Wildman–Crippen MR) is 93.3 cm³/mol. The van der Waals surface area contributed by atoms with Crippen LogP contribution < -0.4 is 4.90 Å².